The van der Waals surface area contributed by atoms with E-state index in [1.165, 1.54) is 32.1 Å². The van der Waals surface area contributed by atoms with Gasteiger partial charge in [0.1, 0.15) is 0 Å². The Morgan fingerprint density at radius 2 is 2.22 bits per heavy atom. The second kappa shape index (κ2) is 6.80. The van der Waals surface area contributed by atoms with Gasteiger partial charge in [0.05, 0.1) is 0 Å². The van der Waals surface area contributed by atoms with Crippen molar-refractivity contribution in [3.8, 4) is 0 Å². The average molecular weight is 270 g/mol. The summed E-state index contributed by atoms with van der Waals surface area (Å²) in [5.41, 5.74) is 0. The van der Waals surface area contributed by atoms with E-state index in [0.29, 0.717) is 11.2 Å². The second-order valence-corrected chi connectivity index (χ2v) is 7.04. The van der Waals surface area contributed by atoms with E-state index in [0.717, 1.165) is 32.0 Å². The lowest BCUT2D eigenvalue weighted by Gasteiger charge is -2.27. The predicted molar refractivity (Wildman–Crippen MR) is 77.9 cm³/mol. The van der Waals surface area contributed by atoms with Crippen molar-refractivity contribution in [2.45, 2.75) is 49.7 Å². The molecular formula is C14H26N2OS. The largest absolute Gasteiger partial charge is 0.355 e. The van der Waals surface area contributed by atoms with Gasteiger partial charge in [0.2, 0.25) is 5.91 Å². The summed E-state index contributed by atoms with van der Waals surface area (Å²) in [7, 11) is 0. The third-order valence-electron chi connectivity index (χ3n) is 4.50. The van der Waals surface area contributed by atoms with Gasteiger partial charge in [-0.2, -0.15) is 11.8 Å². The van der Waals surface area contributed by atoms with E-state index in [2.05, 4.69) is 16.9 Å². The van der Waals surface area contributed by atoms with E-state index in [1.54, 1.807) is 0 Å². The van der Waals surface area contributed by atoms with Gasteiger partial charge in [0, 0.05) is 17.7 Å². The van der Waals surface area contributed by atoms with Crippen LogP contribution in [0.1, 0.15) is 44.9 Å². The molecule has 0 spiro atoms. The molecule has 2 rings (SSSR count). The minimum Gasteiger partial charge on any atom is -0.355 e. The number of nitrogens with one attached hydrogen (secondary N) is 2. The molecule has 4 heteroatoms. The quantitative estimate of drug-likeness (QED) is 0.777. The summed E-state index contributed by atoms with van der Waals surface area (Å²) >= 11 is 1.94. The van der Waals surface area contributed by atoms with Crippen LogP contribution in [0.25, 0.3) is 0 Å². The fraction of sp³-hybridized carbons (Fsp3) is 0.929. The summed E-state index contributed by atoms with van der Waals surface area (Å²) in [5.74, 6) is 0.971. The summed E-state index contributed by atoms with van der Waals surface area (Å²) in [5, 5.41) is 6.51. The highest BCUT2D eigenvalue weighted by molar-refractivity contribution is 8.00. The number of carbonyl (C=O) groups excluding carboxylic acids is 1. The van der Waals surface area contributed by atoms with Gasteiger partial charge in [-0.25, -0.2) is 0 Å². The van der Waals surface area contributed by atoms with E-state index in [1.807, 2.05) is 11.8 Å². The third-order valence-corrected chi connectivity index (χ3v) is 5.92. The van der Waals surface area contributed by atoms with Gasteiger partial charge in [-0.15, -0.1) is 0 Å². The van der Waals surface area contributed by atoms with Crippen molar-refractivity contribution in [2.75, 3.05) is 25.9 Å². The monoisotopic (exact) mass is 270 g/mol. The molecule has 0 aromatic heterocycles. The molecule has 0 aromatic carbocycles. The molecule has 1 atom stereocenters. The topological polar surface area (TPSA) is 41.1 Å². The van der Waals surface area contributed by atoms with Crippen LogP contribution in [0.4, 0.5) is 0 Å². The molecular weight excluding hydrogens is 244 g/mol. The summed E-state index contributed by atoms with van der Waals surface area (Å²) < 4.78 is 0.338. The zero-order valence-electron chi connectivity index (χ0n) is 11.5. The number of carbonyl (C=O) groups is 1. The van der Waals surface area contributed by atoms with Crippen molar-refractivity contribution in [1.29, 1.82) is 0 Å². The van der Waals surface area contributed by atoms with Crippen LogP contribution in [0.3, 0.4) is 0 Å². The summed E-state index contributed by atoms with van der Waals surface area (Å²) in [6.45, 7) is 3.10. The molecule has 0 aromatic rings. The standard InChI is InChI=1S/C14H26N2OS/c1-18-14(7-2-3-8-14)11-16-13(17)5-4-12-6-9-15-10-12/h12,15H,2-11H2,1H3,(H,16,17). The predicted octanol–water partition coefficient (Wildman–Crippen LogP) is 2.17. The van der Waals surface area contributed by atoms with Crippen molar-refractivity contribution >= 4 is 17.7 Å². The van der Waals surface area contributed by atoms with Crippen LogP contribution in [0.5, 0.6) is 0 Å². The smallest absolute Gasteiger partial charge is 0.220 e. The maximum Gasteiger partial charge on any atom is 0.220 e. The molecule has 0 radical (unpaired) electrons. The molecule has 1 aliphatic heterocycles. The van der Waals surface area contributed by atoms with Crippen molar-refractivity contribution < 1.29 is 4.79 Å². The zero-order valence-corrected chi connectivity index (χ0v) is 12.3. The molecule has 1 saturated carbocycles. The molecule has 3 nitrogen and oxygen atoms in total. The molecule has 1 unspecified atom stereocenters. The van der Waals surface area contributed by atoms with Crippen molar-refractivity contribution in [1.82, 2.24) is 10.6 Å². The van der Waals surface area contributed by atoms with Crippen LogP contribution in [0.15, 0.2) is 0 Å². The lowest BCUT2D eigenvalue weighted by molar-refractivity contribution is -0.121. The minimum atomic E-state index is 0.252. The summed E-state index contributed by atoms with van der Waals surface area (Å²) in [4.78, 5) is 11.9. The lowest BCUT2D eigenvalue weighted by Crippen LogP contribution is -2.38. The fourth-order valence-corrected chi connectivity index (χ4v) is 4.03. The number of thioether (sulfide) groups is 1. The van der Waals surface area contributed by atoms with Gasteiger partial charge in [-0.3, -0.25) is 4.79 Å². The Morgan fingerprint density at radius 1 is 1.44 bits per heavy atom. The van der Waals surface area contributed by atoms with Gasteiger partial charge in [-0.05, 0) is 50.9 Å². The maximum absolute atomic E-state index is 11.9. The molecule has 1 heterocycles. The van der Waals surface area contributed by atoms with Crippen LogP contribution in [0.2, 0.25) is 0 Å². The SMILES string of the molecule is CSC1(CNC(=O)CCC2CCNC2)CCCC1. The second-order valence-electron chi connectivity index (χ2n) is 5.77. The Kier molecular flexibility index (Phi) is 5.37. The molecule has 1 amide bonds. The normalized spacial score (nSPS) is 26.4. The first-order chi connectivity index (χ1) is 8.74. The third kappa shape index (κ3) is 3.89. The van der Waals surface area contributed by atoms with Gasteiger partial charge in [0.25, 0.3) is 0 Å². The summed E-state index contributed by atoms with van der Waals surface area (Å²) in [6.07, 6.45) is 10.3. The van der Waals surface area contributed by atoms with E-state index in [9.17, 15) is 4.79 Å². The summed E-state index contributed by atoms with van der Waals surface area (Å²) in [6, 6.07) is 0. The van der Waals surface area contributed by atoms with Crippen LogP contribution >= 0.6 is 11.8 Å². The van der Waals surface area contributed by atoms with Gasteiger partial charge in [0.15, 0.2) is 0 Å². The first-order valence-corrected chi connectivity index (χ1v) is 8.49. The highest BCUT2D eigenvalue weighted by Crippen LogP contribution is 2.39. The average Bonchev–Trinajstić information content (AvgIpc) is 3.06. The lowest BCUT2D eigenvalue weighted by atomic mass is 10.0. The van der Waals surface area contributed by atoms with Crippen LogP contribution in [-0.2, 0) is 4.79 Å². The molecule has 1 aliphatic carbocycles. The molecule has 104 valence electrons. The van der Waals surface area contributed by atoms with Crippen molar-refractivity contribution in [3.63, 3.8) is 0 Å². The van der Waals surface area contributed by atoms with Gasteiger partial charge in [-0.1, -0.05) is 12.8 Å². The number of hydrogen-bond donors (Lipinski definition) is 2. The fourth-order valence-electron chi connectivity index (χ4n) is 3.12. The Labute approximate surface area is 115 Å². The van der Waals surface area contributed by atoms with Crippen LogP contribution in [-0.4, -0.2) is 36.5 Å². The minimum absolute atomic E-state index is 0.252. The van der Waals surface area contributed by atoms with Crippen LogP contribution < -0.4 is 10.6 Å². The number of hydrogen-bond acceptors (Lipinski definition) is 3. The number of rotatable bonds is 6. The van der Waals surface area contributed by atoms with E-state index >= 15 is 0 Å². The van der Waals surface area contributed by atoms with Crippen LogP contribution in [0, 0.1) is 5.92 Å². The van der Waals surface area contributed by atoms with E-state index in [-0.39, 0.29) is 5.91 Å². The Hall–Kier alpha value is -0.220. The van der Waals surface area contributed by atoms with Gasteiger partial charge < -0.3 is 10.6 Å². The molecule has 2 aliphatic rings. The number of amides is 1. The van der Waals surface area contributed by atoms with Crippen molar-refractivity contribution in [3.05, 3.63) is 0 Å². The Morgan fingerprint density at radius 3 is 2.83 bits per heavy atom. The molecule has 0 bridgehead atoms. The maximum atomic E-state index is 11.9. The van der Waals surface area contributed by atoms with E-state index < -0.39 is 0 Å². The Balaban J connectivity index is 1.64. The molecule has 18 heavy (non-hydrogen) atoms. The Bertz CT molecular complexity index is 271. The molecule has 2 N–H and O–H groups in total. The zero-order chi connectivity index (χ0) is 12.8. The molecule has 2 fully saturated rings. The van der Waals surface area contributed by atoms with E-state index in [4.69, 9.17) is 0 Å². The first-order valence-electron chi connectivity index (χ1n) is 7.27. The highest BCUT2D eigenvalue weighted by Gasteiger charge is 2.33. The highest BCUT2D eigenvalue weighted by atomic mass is 32.2. The van der Waals surface area contributed by atoms with Crippen molar-refractivity contribution in [2.24, 2.45) is 5.92 Å². The molecule has 1 saturated heterocycles. The van der Waals surface area contributed by atoms with Gasteiger partial charge >= 0.3 is 0 Å². The first kappa shape index (κ1) is 14.2.